The molecule has 7 heteroatoms. The summed E-state index contributed by atoms with van der Waals surface area (Å²) in [6.07, 6.45) is 3.42. The van der Waals surface area contributed by atoms with E-state index in [1.54, 1.807) is 23.2 Å². The summed E-state index contributed by atoms with van der Waals surface area (Å²) in [5.41, 5.74) is 0.575. The first kappa shape index (κ1) is 15.1. The van der Waals surface area contributed by atoms with E-state index in [-0.39, 0.29) is 18.2 Å². The Morgan fingerprint density at radius 2 is 2.27 bits per heavy atom. The highest BCUT2D eigenvalue weighted by molar-refractivity contribution is 5.90. The van der Waals surface area contributed by atoms with Crippen molar-refractivity contribution in [3.63, 3.8) is 0 Å². The number of piperidine rings is 1. The molecule has 1 N–H and O–H groups in total. The van der Waals surface area contributed by atoms with Crippen LogP contribution in [0.4, 0.5) is 10.5 Å². The Labute approximate surface area is 129 Å². The molecule has 1 atom stereocenters. The van der Waals surface area contributed by atoms with Crippen LogP contribution in [-0.4, -0.2) is 55.6 Å². The Morgan fingerprint density at radius 3 is 3.05 bits per heavy atom. The third kappa shape index (κ3) is 3.31. The standard InChI is InChI=1S/C15H21N3O4/c1-20-13-12(5-2-6-16-13)17-15(19)18-7-3-4-11(10-18)14-21-8-9-22-14/h2,5-6,11,14H,3-4,7-10H2,1H3,(H,17,19). The minimum atomic E-state index is -0.177. The van der Waals surface area contributed by atoms with Gasteiger partial charge in [0.25, 0.3) is 0 Å². The molecule has 3 rings (SSSR count). The van der Waals surface area contributed by atoms with E-state index in [1.165, 1.54) is 7.11 Å². The number of urea groups is 1. The molecule has 2 saturated heterocycles. The molecule has 3 heterocycles. The van der Waals surface area contributed by atoms with Gasteiger partial charge in [-0.15, -0.1) is 0 Å². The van der Waals surface area contributed by atoms with Gasteiger partial charge >= 0.3 is 6.03 Å². The van der Waals surface area contributed by atoms with Crippen molar-refractivity contribution < 1.29 is 19.0 Å². The SMILES string of the molecule is COc1ncccc1NC(=O)N1CCCC(C2OCCO2)C1. The monoisotopic (exact) mass is 307 g/mol. The van der Waals surface area contributed by atoms with Crippen molar-refractivity contribution in [1.29, 1.82) is 0 Å². The molecule has 0 bridgehead atoms. The van der Waals surface area contributed by atoms with Gasteiger partial charge in [-0.1, -0.05) is 0 Å². The molecule has 2 fully saturated rings. The normalized spacial score (nSPS) is 22.6. The highest BCUT2D eigenvalue weighted by atomic mass is 16.7. The summed E-state index contributed by atoms with van der Waals surface area (Å²) >= 11 is 0. The average Bonchev–Trinajstić information content (AvgIpc) is 3.10. The first-order valence-corrected chi connectivity index (χ1v) is 7.56. The number of likely N-dealkylation sites (tertiary alicyclic amines) is 1. The predicted molar refractivity (Wildman–Crippen MR) is 79.8 cm³/mol. The lowest BCUT2D eigenvalue weighted by atomic mass is 9.98. The summed E-state index contributed by atoms with van der Waals surface area (Å²) in [5.74, 6) is 0.643. The molecule has 2 amide bonds. The van der Waals surface area contributed by atoms with Crippen LogP contribution in [0.1, 0.15) is 12.8 Å². The number of ether oxygens (including phenoxy) is 3. The van der Waals surface area contributed by atoms with Gasteiger partial charge in [-0.25, -0.2) is 9.78 Å². The summed E-state index contributed by atoms with van der Waals surface area (Å²) in [6, 6.07) is 3.39. The van der Waals surface area contributed by atoms with Crippen LogP contribution in [0.5, 0.6) is 5.88 Å². The van der Waals surface area contributed by atoms with Gasteiger partial charge in [0.05, 0.1) is 20.3 Å². The maximum absolute atomic E-state index is 12.4. The number of carbonyl (C=O) groups is 1. The minimum Gasteiger partial charge on any atom is -0.480 e. The van der Waals surface area contributed by atoms with E-state index in [1.807, 2.05) is 0 Å². The van der Waals surface area contributed by atoms with Crippen molar-refractivity contribution in [2.75, 3.05) is 38.7 Å². The van der Waals surface area contributed by atoms with Gasteiger partial charge in [-0.3, -0.25) is 0 Å². The predicted octanol–water partition coefficient (Wildman–Crippen LogP) is 1.71. The van der Waals surface area contributed by atoms with E-state index >= 15 is 0 Å². The topological polar surface area (TPSA) is 72.9 Å². The van der Waals surface area contributed by atoms with Crippen LogP contribution in [0.3, 0.4) is 0 Å². The van der Waals surface area contributed by atoms with E-state index < -0.39 is 0 Å². The molecular weight excluding hydrogens is 286 g/mol. The molecule has 0 aromatic carbocycles. The maximum atomic E-state index is 12.4. The smallest absolute Gasteiger partial charge is 0.322 e. The quantitative estimate of drug-likeness (QED) is 0.920. The Hall–Kier alpha value is -1.86. The lowest BCUT2D eigenvalue weighted by molar-refractivity contribution is -0.0959. The second-order valence-electron chi connectivity index (χ2n) is 5.45. The van der Waals surface area contributed by atoms with Crippen LogP contribution < -0.4 is 10.1 Å². The molecule has 0 aliphatic carbocycles. The van der Waals surface area contributed by atoms with Gasteiger partial charge in [0.15, 0.2) is 6.29 Å². The van der Waals surface area contributed by atoms with Gasteiger partial charge in [-0.2, -0.15) is 0 Å². The second kappa shape index (κ2) is 6.93. The van der Waals surface area contributed by atoms with Crippen LogP contribution in [0.15, 0.2) is 18.3 Å². The molecular formula is C15H21N3O4. The Morgan fingerprint density at radius 1 is 1.45 bits per heavy atom. The first-order chi connectivity index (χ1) is 10.8. The fraction of sp³-hybridized carbons (Fsp3) is 0.600. The zero-order valence-electron chi connectivity index (χ0n) is 12.7. The van der Waals surface area contributed by atoms with E-state index in [4.69, 9.17) is 14.2 Å². The number of amides is 2. The van der Waals surface area contributed by atoms with Crippen LogP contribution in [0.2, 0.25) is 0 Å². The third-order valence-electron chi connectivity index (χ3n) is 3.98. The molecule has 0 radical (unpaired) electrons. The van der Waals surface area contributed by atoms with Gasteiger partial charge in [0.1, 0.15) is 5.69 Å². The summed E-state index contributed by atoms with van der Waals surface area (Å²) in [4.78, 5) is 18.3. The van der Waals surface area contributed by atoms with Crippen LogP contribution in [-0.2, 0) is 9.47 Å². The number of carbonyl (C=O) groups excluding carboxylic acids is 1. The average molecular weight is 307 g/mol. The van der Waals surface area contributed by atoms with Gasteiger partial charge in [0, 0.05) is 25.2 Å². The fourth-order valence-electron chi connectivity index (χ4n) is 2.91. The molecule has 1 aromatic heterocycles. The first-order valence-electron chi connectivity index (χ1n) is 7.56. The zero-order chi connectivity index (χ0) is 15.4. The summed E-state index contributed by atoms with van der Waals surface area (Å²) in [7, 11) is 1.53. The number of pyridine rings is 1. The van der Waals surface area contributed by atoms with Crippen molar-refractivity contribution in [1.82, 2.24) is 9.88 Å². The van der Waals surface area contributed by atoms with Gasteiger partial charge < -0.3 is 24.4 Å². The van der Waals surface area contributed by atoms with E-state index in [0.717, 1.165) is 19.4 Å². The Bertz CT molecular complexity index is 519. The summed E-state index contributed by atoms with van der Waals surface area (Å²) < 4.78 is 16.3. The molecule has 22 heavy (non-hydrogen) atoms. The lowest BCUT2D eigenvalue weighted by Crippen LogP contribution is -2.45. The fourth-order valence-corrected chi connectivity index (χ4v) is 2.91. The van der Waals surface area contributed by atoms with Crippen molar-refractivity contribution in [2.45, 2.75) is 19.1 Å². The number of anilines is 1. The molecule has 1 unspecified atom stereocenters. The molecule has 2 aliphatic heterocycles. The molecule has 2 aliphatic rings. The van der Waals surface area contributed by atoms with E-state index in [2.05, 4.69) is 10.3 Å². The van der Waals surface area contributed by atoms with Crippen molar-refractivity contribution in [3.05, 3.63) is 18.3 Å². The van der Waals surface area contributed by atoms with Crippen molar-refractivity contribution in [2.24, 2.45) is 5.92 Å². The molecule has 120 valence electrons. The van der Waals surface area contributed by atoms with Crippen molar-refractivity contribution >= 4 is 11.7 Å². The van der Waals surface area contributed by atoms with Crippen LogP contribution >= 0.6 is 0 Å². The largest absolute Gasteiger partial charge is 0.480 e. The molecule has 1 aromatic rings. The maximum Gasteiger partial charge on any atom is 0.322 e. The summed E-state index contributed by atoms with van der Waals surface area (Å²) in [5, 5.41) is 2.86. The third-order valence-corrected chi connectivity index (χ3v) is 3.98. The number of nitrogens with zero attached hydrogens (tertiary/aromatic N) is 2. The number of rotatable bonds is 3. The molecule has 7 nitrogen and oxygen atoms in total. The van der Waals surface area contributed by atoms with Crippen LogP contribution in [0, 0.1) is 5.92 Å². The molecule has 0 spiro atoms. The minimum absolute atomic E-state index is 0.144. The Balaban J connectivity index is 1.61. The number of hydrogen-bond acceptors (Lipinski definition) is 5. The highest BCUT2D eigenvalue weighted by Crippen LogP contribution is 2.26. The highest BCUT2D eigenvalue weighted by Gasteiger charge is 2.32. The number of aromatic nitrogens is 1. The van der Waals surface area contributed by atoms with Crippen molar-refractivity contribution in [3.8, 4) is 5.88 Å². The number of methoxy groups -OCH3 is 1. The zero-order valence-corrected chi connectivity index (χ0v) is 12.7. The van der Waals surface area contributed by atoms with E-state index in [0.29, 0.717) is 31.3 Å². The van der Waals surface area contributed by atoms with Crippen LogP contribution in [0.25, 0.3) is 0 Å². The van der Waals surface area contributed by atoms with Gasteiger partial charge in [0.2, 0.25) is 5.88 Å². The second-order valence-corrected chi connectivity index (χ2v) is 5.45. The van der Waals surface area contributed by atoms with Gasteiger partial charge in [-0.05, 0) is 25.0 Å². The number of nitrogens with one attached hydrogen (secondary N) is 1. The lowest BCUT2D eigenvalue weighted by Gasteiger charge is -2.34. The van der Waals surface area contributed by atoms with E-state index in [9.17, 15) is 4.79 Å². The number of hydrogen-bond donors (Lipinski definition) is 1. The Kier molecular flexibility index (Phi) is 4.74. The summed E-state index contributed by atoms with van der Waals surface area (Å²) in [6.45, 7) is 2.65. The molecule has 0 saturated carbocycles.